The van der Waals surface area contributed by atoms with Gasteiger partial charge in [0.25, 0.3) is 11.8 Å². The predicted octanol–water partition coefficient (Wildman–Crippen LogP) is 1.93. The number of carbonyl (C=O) groups is 3. The topological polar surface area (TPSA) is 75.7 Å². The lowest BCUT2D eigenvalue weighted by molar-refractivity contribution is -0.150. The van der Waals surface area contributed by atoms with E-state index in [4.69, 9.17) is 4.74 Å². The van der Waals surface area contributed by atoms with Gasteiger partial charge in [-0.15, -0.1) is 0 Å². The molecular weight excluding hydrogens is 332 g/mol. The fourth-order valence-electron chi connectivity index (χ4n) is 2.28. The minimum atomic E-state index is -0.660. The number of rotatable bonds is 7. The first-order chi connectivity index (χ1) is 12.5. The first-order valence-corrected chi connectivity index (χ1v) is 8.24. The Balaban J connectivity index is 1.73. The number of hydrogen-bond acceptors (Lipinski definition) is 4. The number of benzene rings is 2. The third kappa shape index (κ3) is 5.73. The third-order valence-electron chi connectivity index (χ3n) is 3.88. The number of hydrogen-bond donors (Lipinski definition) is 1. The molecule has 2 aromatic rings. The lowest BCUT2D eigenvalue weighted by Gasteiger charge is -2.18. The van der Waals surface area contributed by atoms with Crippen LogP contribution >= 0.6 is 0 Å². The summed E-state index contributed by atoms with van der Waals surface area (Å²) in [4.78, 5) is 37.1. The molecule has 0 heterocycles. The summed E-state index contributed by atoms with van der Waals surface area (Å²) in [6, 6.07) is 16.3. The van der Waals surface area contributed by atoms with Crippen molar-refractivity contribution in [3.63, 3.8) is 0 Å². The zero-order chi connectivity index (χ0) is 18.9. The van der Waals surface area contributed by atoms with E-state index in [0.29, 0.717) is 12.1 Å². The highest BCUT2D eigenvalue weighted by Gasteiger charge is 2.14. The van der Waals surface area contributed by atoms with Gasteiger partial charge in [-0.1, -0.05) is 42.5 Å². The van der Waals surface area contributed by atoms with Crippen molar-refractivity contribution in [3.8, 4) is 0 Å². The van der Waals surface area contributed by atoms with Crippen LogP contribution in [0.25, 0.3) is 0 Å². The van der Waals surface area contributed by atoms with E-state index < -0.39 is 5.97 Å². The van der Waals surface area contributed by atoms with E-state index >= 15 is 0 Å². The Bertz CT molecular complexity index is 774. The molecule has 0 atom stereocenters. The van der Waals surface area contributed by atoms with Crippen LogP contribution < -0.4 is 5.32 Å². The molecule has 0 saturated heterocycles. The SMILES string of the molecule is Cc1ccccc1CN(C)C(=O)COC(=O)CNC(=O)c1ccccc1. The number of aryl methyl sites for hydroxylation is 1. The molecule has 0 bridgehead atoms. The molecule has 6 heteroatoms. The maximum atomic E-state index is 12.1. The summed E-state index contributed by atoms with van der Waals surface area (Å²) in [6.07, 6.45) is 0. The third-order valence-corrected chi connectivity index (χ3v) is 3.88. The number of ether oxygens (including phenoxy) is 1. The van der Waals surface area contributed by atoms with Gasteiger partial charge in [-0.25, -0.2) is 0 Å². The van der Waals surface area contributed by atoms with E-state index in [1.807, 2.05) is 31.2 Å². The lowest BCUT2D eigenvalue weighted by Crippen LogP contribution is -2.34. The number of carbonyl (C=O) groups excluding carboxylic acids is 3. The highest BCUT2D eigenvalue weighted by atomic mass is 16.5. The van der Waals surface area contributed by atoms with Gasteiger partial charge >= 0.3 is 5.97 Å². The molecule has 0 aromatic heterocycles. The summed E-state index contributed by atoms with van der Waals surface area (Å²) >= 11 is 0. The summed E-state index contributed by atoms with van der Waals surface area (Å²) in [7, 11) is 1.65. The second kappa shape index (κ2) is 9.36. The van der Waals surface area contributed by atoms with Crippen molar-refractivity contribution in [3.05, 3.63) is 71.3 Å². The fraction of sp³-hybridized carbons (Fsp3) is 0.250. The first kappa shape index (κ1) is 19.2. The smallest absolute Gasteiger partial charge is 0.325 e. The molecule has 0 radical (unpaired) electrons. The van der Waals surface area contributed by atoms with E-state index in [1.54, 1.807) is 37.4 Å². The van der Waals surface area contributed by atoms with Crippen molar-refractivity contribution in [2.24, 2.45) is 0 Å². The van der Waals surface area contributed by atoms with E-state index in [2.05, 4.69) is 5.32 Å². The van der Waals surface area contributed by atoms with E-state index in [1.165, 1.54) is 4.90 Å². The number of nitrogens with one attached hydrogen (secondary N) is 1. The van der Waals surface area contributed by atoms with Crippen molar-refractivity contribution in [1.29, 1.82) is 0 Å². The van der Waals surface area contributed by atoms with Crippen LogP contribution in [0.4, 0.5) is 0 Å². The Kier molecular flexibility index (Phi) is 6.91. The molecule has 0 aliphatic carbocycles. The number of amides is 2. The van der Waals surface area contributed by atoms with Gasteiger partial charge in [-0.05, 0) is 30.2 Å². The maximum Gasteiger partial charge on any atom is 0.325 e. The minimum absolute atomic E-state index is 0.289. The fourth-order valence-corrected chi connectivity index (χ4v) is 2.28. The van der Waals surface area contributed by atoms with Crippen LogP contribution in [0.5, 0.6) is 0 Å². The average Bonchev–Trinajstić information content (AvgIpc) is 2.66. The van der Waals surface area contributed by atoms with Crippen LogP contribution in [0.2, 0.25) is 0 Å². The van der Waals surface area contributed by atoms with Crippen molar-refractivity contribution < 1.29 is 19.1 Å². The lowest BCUT2D eigenvalue weighted by atomic mass is 10.1. The normalized spacial score (nSPS) is 10.1. The van der Waals surface area contributed by atoms with E-state index in [-0.39, 0.29) is 25.0 Å². The zero-order valence-electron chi connectivity index (χ0n) is 14.9. The van der Waals surface area contributed by atoms with E-state index in [9.17, 15) is 14.4 Å². The highest BCUT2D eigenvalue weighted by molar-refractivity contribution is 5.96. The zero-order valence-corrected chi connectivity index (χ0v) is 14.9. The Morgan fingerprint density at radius 2 is 1.65 bits per heavy atom. The van der Waals surface area contributed by atoms with Gasteiger partial charge in [-0.2, -0.15) is 0 Å². The molecule has 0 aliphatic heterocycles. The molecule has 0 unspecified atom stereocenters. The molecule has 2 aromatic carbocycles. The van der Waals surface area contributed by atoms with Gasteiger partial charge in [0.15, 0.2) is 6.61 Å². The molecule has 1 N–H and O–H groups in total. The summed E-state index contributed by atoms with van der Waals surface area (Å²) in [5.74, 6) is -1.34. The maximum absolute atomic E-state index is 12.1. The Morgan fingerprint density at radius 1 is 1.00 bits per heavy atom. The van der Waals surface area contributed by atoms with Crippen LogP contribution in [-0.4, -0.2) is 42.9 Å². The quantitative estimate of drug-likeness (QED) is 0.771. The molecule has 26 heavy (non-hydrogen) atoms. The van der Waals surface area contributed by atoms with Crippen molar-refractivity contribution in [2.75, 3.05) is 20.2 Å². The molecule has 136 valence electrons. The van der Waals surface area contributed by atoms with Crippen molar-refractivity contribution in [1.82, 2.24) is 10.2 Å². The standard InChI is InChI=1S/C20H22N2O4/c1-15-8-6-7-11-17(15)13-22(2)18(23)14-26-19(24)12-21-20(25)16-9-4-3-5-10-16/h3-11H,12-14H2,1-2H3,(H,21,25). The summed E-state index contributed by atoms with van der Waals surface area (Å²) in [6.45, 7) is 1.77. The Morgan fingerprint density at radius 3 is 2.35 bits per heavy atom. The van der Waals surface area contributed by atoms with Gasteiger partial charge in [0.1, 0.15) is 6.54 Å². The Hall–Kier alpha value is -3.15. The van der Waals surface area contributed by atoms with Crippen LogP contribution in [0.15, 0.2) is 54.6 Å². The van der Waals surface area contributed by atoms with Crippen LogP contribution in [0, 0.1) is 6.92 Å². The van der Waals surface area contributed by atoms with Gasteiger partial charge in [0.05, 0.1) is 0 Å². The summed E-state index contributed by atoms with van der Waals surface area (Å²) in [5, 5.41) is 2.46. The van der Waals surface area contributed by atoms with Gasteiger partial charge in [0.2, 0.25) is 0 Å². The Labute approximate surface area is 152 Å². The molecule has 0 fully saturated rings. The molecule has 2 rings (SSSR count). The average molecular weight is 354 g/mol. The van der Waals surface area contributed by atoms with Gasteiger partial charge in [-0.3, -0.25) is 14.4 Å². The molecule has 0 aliphatic rings. The molecule has 0 saturated carbocycles. The highest BCUT2D eigenvalue weighted by Crippen LogP contribution is 2.09. The van der Waals surface area contributed by atoms with E-state index in [0.717, 1.165) is 11.1 Å². The largest absolute Gasteiger partial charge is 0.454 e. The van der Waals surface area contributed by atoms with Crippen molar-refractivity contribution in [2.45, 2.75) is 13.5 Å². The monoisotopic (exact) mass is 354 g/mol. The number of likely N-dealkylation sites (N-methyl/N-ethyl adjacent to an activating group) is 1. The molecule has 6 nitrogen and oxygen atoms in total. The first-order valence-electron chi connectivity index (χ1n) is 8.24. The van der Waals surface area contributed by atoms with Crippen LogP contribution in [0.1, 0.15) is 21.5 Å². The molecular formula is C20H22N2O4. The second-order valence-corrected chi connectivity index (χ2v) is 5.89. The second-order valence-electron chi connectivity index (χ2n) is 5.89. The van der Waals surface area contributed by atoms with Gasteiger partial charge in [0, 0.05) is 19.2 Å². The summed E-state index contributed by atoms with van der Waals surface area (Å²) < 4.78 is 4.93. The molecule has 2 amide bonds. The summed E-state index contributed by atoms with van der Waals surface area (Å²) in [5.41, 5.74) is 2.58. The number of esters is 1. The van der Waals surface area contributed by atoms with Gasteiger partial charge < -0.3 is 15.0 Å². The minimum Gasteiger partial charge on any atom is -0.454 e. The van der Waals surface area contributed by atoms with Crippen molar-refractivity contribution >= 4 is 17.8 Å². The van der Waals surface area contributed by atoms with Crippen LogP contribution in [0.3, 0.4) is 0 Å². The predicted molar refractivity (Wildman–Crippen MR) is 97.4 cm³/mol. The molecule has 0 spiro atoms. The number of nitrogens with zero attached hydrogens (tertiary/aromatic N) is 1. The van der Waals surface area contributed by atoms with Crippen LogP contribution in [-0.2, 0) is 20.9 Å².